The van der Waals surface area contributed by atoms with E-state index >= 15 is 0 Å². The maximum Gasteiger partial charge on any atom is 0.261 e. The second-order valence-electron chi connectivity index (χ2n) is 7.23. The van der Waals surface area contributed by atoms with Crippen LogP contribution >= 0.6 is 0 Å². The fraction of sp³-hybridized carbons (Fsp3) is 0.632. The van der Waals surface area contributed by atoms with Crippen LogP contribution in [0.1, 0.15) is 38.5 Å². The smallest absolute Gasteiger partial charge is 0.261 e. The van der Waals surface area contributed by atoms with E-state index in [1.54, 1.807) is 10.8 Å². The average molecular weight is 341 g/mol. The standard InChI is InChI=1S/C19H27N5O/c25-18-16-15-20-19(24-10-5-2-6-11-24)21-17(16)7-12-23(18)14-13-22-8-3-1-4-9-22/h7,12,15H,1-6,8-11,13-14H2. The average Bonchev–Trinajstić information content (AvgIpc) is 2.69. The molecule has 0 unspecified atom stereocenters. The summed E-state index contributed by atoms with van der Waals surface area (Å²) in [7, 11) is 0. The molecule has 6 heteroatoms. The molecule has 0 amide bonds. The second kappa shape index (κ2) is 7.52. The van der Waals surface area contributed by atoms with E-state index in [1.165, 1.54) is 38.5 Å². The molecule has 0 atom stereocenters. The first-order valence-corrected chi connectivity index (χ1v) is 9.65. The third kappa shape index (κ3) is 3.68. The van der Waals surface area contributed by atoms with Crippen molar-refractivity contribution in [1.82, 2.24) is 19.4 Å². The quantitative estimate of drug-likeness (QED) is 0.854. The van der Waals surface area contributed by atoms with Crippen molar-refractivity contribution < 1.29 is 0 Å². The van der Waals surface area contributed by atoms with Gasteiger partial charge in [-0.15, -0.1) is 0 Å². The number of likely N-dealkylation sites (tertiary alicyclic amines) is 1. The van der Waals surface area contributed by atoms with Crippen molar-refractivity contribution in [3.8, 4) is 0 Å². The van der Waals surface area contributed by atoms with Crippen LogP contribution in [-0.4, -0.2) is 52.2 Å². The Morgan fingerprint density at radius 1 is 0.920 bits per heavy atom. The number of pyridine rings is 1. The number of hydrogen-bond donors (Lipinski definition) is 0. The van der Waals surface area contributed by atoms with E-state index in [1.807, 2.05) is 12.3 Å². The van der Waals surface area contributed by atoms with Gasteiger partial charge in [0.05, 0.1) is 10.9 Å². The molecule has 0 spiro atoms. The van der Waals surface area contributed by atoms with Gasteiger partial charge in [0.2, 0.25) is 5.95 Å². The van der Waals surface area contributed by atoms with Crippen molar-refractivity contribution in [2.24, 2.45) is 0 Å². The molecule has 2 aromatic heterocycles. The van der Waals surface area contributed by atoms with Gasteiger partial charge in [0.15, 0.2) is 0 Å². The Morgan fingerprint density at radius 2 is 1.64 bits per heavy atom. The summed E-state index contributed by atoms with van der Waals surface area (Å²) in [5.41, 5.74) is 0.787. The molecular formula is C19H27N5O. The van der Waals surface area contributed by atoms with Crippen LogP contribution in [-0.2, 0) is 6.54 Å². The number of piperidine rings is 2. The summed E-state index contributed by atoms with van der Waals surface area (Å²) in [4.78, 5) is 26.5. The lowest BCUT2D eigenvalue weighted by atomic mass is 10.1. The zero-order valence-electron chi connectivity index (χ0n) is 14.9. The van der Waals surface area contributed by atoms with Crippen LogP contribution < -0.4 is 10.5 Å². The molecule has 25 heavy (non-hydrogen) atoms. The lowest BCUT2D eigenvalue weighted by Crippen LogP contribution is -2.34. The van der Waals surface area contributed by atoms with Gasteiger partial charge in [0.25, 0.3) is 5.56 Å². The highest BCUT2D eigenvalue weighted by molar-refractivity contribution is 5.77. The van der Waals surface area contributed by atoms with Gasteiger partial charge in [-0.2, -0.15) is 0 Å². The summed E-state index contributed by atoms with van der Waals surface area (Å²) in [5, 5.41) is 0.627. The fourth-order valence-electron chi connectivity index (χ4n) is 3.91. The minimum Gasteiger partial charge on any atom is -0.341 e. The Kier molecular flexibility index (Phi) is 4.97. The molecule has 2 saturated heterocycles. The summed E-state index contributed by atoms with van der Waals surface area (Å²) >= 11 is 0. The van der Waals surface area contributed by atoms with E-state index in [9.17, 15) is 4.79 Å². The van der Waals surface area contributed by atoms with Crippen LogP contribution in [0, 0.1) is 0 Å². The lowest BCUT2D eigenvalue weighted by molar-refractivity contribution is 0.220. The van der Waals surface area contributed by atoms with Gasteiger partial charge < -0.3 is 14.4 Å². The molecule has 4 heterocycles. The summed E-state index contributed by atoms with van der Waals surface area (Å²) in [6, 6.07) is 1.96. The lowest BCUT2D eigenvalue weighted by Gasteiger charge is -2.27. The van der Waals surface area contributed by atoms with Crippen LogP contribution in [0.25, 0.3) is 10.9 Å². The normalized spacial score (nSPS) is 19.4. The zero-order valence-corrected chi connectivity index (χ0v) is 14.9. The van der Waals surface area contributed by atoms with Gasteiger partial charge in [-0.3, -0.25) is 4.79 Å². The largest absolute Gasteiger partial charge is 0.341 e. The van der Waals surface area contributed by atoms with Crippen LogP contribution in [0.3, 0.4) is 0 Å². The molecule has 6 nitrogen and oxygen atoms in total. The summed E-state index contributed by atoms with van der Waals surface area (Å²) < 4.78 is 1.81. The number of rotatable bonds is 4. The predicted octanol–water partition coefficient (Wildman–Crippen LogP) is 2.27. The predicted molar refractivity (Wildman–Crippen MR) is 100 cm³/mol. The van der Waals surface area contributed by atoms with E-state index in [0.717, 1.165) is 50.7 Å². The van der Waals surface area contributed by atoms with Crippen LogP contribution in [0.15, 0.2) is 23.3 Å². The molecule has 0 saturated carbocycles. The molecule has 0 aromatic carbocycles. The molecule has 0 aliphatic carbocycles. The Hall–Kier alpha value is -1.95. The fourth-order valence-corrected chi connectivity index (χ4v) is 3.91. The highest BCUT2D eigenvalue weighted by Crippen LogP contribution is 2.17. The van der Waals surface area contributed by atoms with Crippen LogP contribution in [0.2, 0.25) is 0 Å². The monoisotopic (exact) mass is 341 g/mol. The maximum atomic E-state index is 12.7. The van der Waals surface area contributed by atoms with E-state index < -0.39 is 0 Å². The van der Waals surface area contributed by atoms with E-state index in [2.05, 4.69) is 19.8 Å². The minimum absolute atomic E-state index is 0.0275. The molecule has 2 aliphatic rings. The zero-order chi connectivity index (χ0) is 17.1. The second-order valence-corrected chi connectivity index (χ2v) is 7.23. The maximum absolute atomic E-state index is 12.7. The Morgan fingerprint density at radius 3 is 2.40 bits per heavy atom. The molecular weight excluding hydrogens is 314 g/mol. The van der Waals surface area contributed by atoms with E-state index in [0.29, 0.717) is 5.39 Å². The Bertz CT molecular complexity index is 775. The number of aromatic nitrogens is 3. The molecule has 2 aromatic rings. The van der Waals surface area contributed by atoms with Gasteiger partial charge in [-0.05, 0) is 51.3 Å². The molecule has 0 radical (unpaired) electrons. The van der Waals surface area contributed by atoms with Crippen molar-refractivity contribution in [3.05, 3.63) is 28.8 Å². The minimum atomic E-state index is 0.0275. The van der Waals surface area contributed by atoms with Crippen LogP contribution in [0.5, 0.6) is 0 Å². The van der Waals surface area contributed by atoms with Gasteiger partial charge >= 0.3 is 0 Å². The van der Waals surface area contributed by atoms with Crippen molar-refractivity contribution in [3.63, 3.8) is 0 Å². The third-order valence-electron chi connectivity index (χ3n) is 5.45. The van der Waals surface area contributed by atoms with Gasteiger partial charge in [0.1, 0.15) is 0 Å². The van der Waals surface area contributed by atoms with E-state index in [4.69, 9.17) is 0 Å². The van der Waals surface area contributed by atoms with Crippen molar-refractivity contribution >= 4 is 16.9 Å². The molecule has 4 rings (SSSR count). The molecule has 0 bridgehead atoms. The first-order valence-electron chi connectivity index (χ1n) is 9.65. The van der Waals surface area contributed by atoms with Crippen molar-refractivity contribution in [2.45, 2.75) is 45.1 Å². The number of hydrogen-bond acceptors (Lipinski definition) is 5. The number of anilines is 1. The first kappa shape index (κ1) is 16.5. The molecule has 0 N–H and O–H groups in total. The summed E-state index contributed by atoms with van der Waals surface area (Å²) in [6.45, 7) is 6.02. The topological polar surface area (TPSA) is 54.3 Å². The summed E-state index contributed by atoms with van der Waals surface area (Å²) in [5.74, 6) is 0.762. The number of fused-ring (bicyclic) bond motifs is 1. The third-order valence-corrected chi connectivity index (χ3v) is 5.45. The molecule has 134 valence electrons. The summed E-state index contributed by atoms with van der Waals surface area (Å²) in [6.07, 6.45) is 11.2. The van der Waals surface area contributed by atoms with Crippen molar-refractivity contribution in [2.75, 3.05) is 37.6 Å². The highest BCUT2D eigenvalue weighted by Gasteiger charge is 2.15. The highest BCUT2D eigenvalue weighted by atomic mass is 16.1. The van der Waals surface area contributed by atoms with Crippen molar-refractivity contribution in [1.29, 1.82) is 0 Å². The Labute approximate surface area is 148 Å². The van der Waals surface area contributed by atoms with Gasteiger partial charge in [-0.25, -0.2) is 9.97 Å². The van der Waals surface area contributed by atoms with Gasteiger partial charge in [-0.1, -0.05) is 6.42 Å². The SMILES string of the molecule is O=c1c2cnc(N3CCCCC3)nc2ccn1CCN1CCCCC1. The number of nitrogens with zero attached hydrogens (tertiary/aromatic N) is 5. The Balaban J connectivity index is 1.52. The van der Waals surface area contributed by atoms with Crippen LogP contribution in [0.4, 0.5) is 5.95 Å². The first-order chi connectivity index (χ1) is 12.3. The molecule has 2 fully saturated rings. The van der Waals surface area contributed by atoms with Gasteiger partial charge in [0, 0.05) is 38.6 Å². The van der Waals surface area contributed by atoms with E-state index in [-0.39, 0.29) is 5.56 Å². The molecule has 2 aliphatic heterocycles.